The minimum absolute atomic E-state index is 0.280. The molecule has 0 fully saturated rings. The molecule has 0 saturated heterocycles. The molecule has 1 amide bonds. The molecule has 32 heavy (non-hydrogen) atoms. The van der Waals surface area contributed by atoms with Gasteiger partial charge in [0.1, 0.15) is 0 Å². The second-order valence-corrected chi connectivity index (χ2v) is 7.97. The molecule has 158 valence electrons. The largest absolute Gasteiger partial charge is 0.271 e. The summed E-state index contributed by atoms with van der Waals surface area (Å²) in [6, 6.07) is 27.8. The molecule has 1 heterocycles. The molecule has 0 unspecified atom stereocenters. The van der Waals surface area contributed by atoms with E-state index in [2.05, 4.69) is 10.5 Å². The Hall–Kier alpha value is -4.05. The van der Waals surface area contributed by atoms with E-state index in [0.717, 1.165) is 28.1 Å². The van der Waals surface area contributed by atoms with Crippen LogP contribution in [0.4, 0.5) is 0 Å². The first kappa shape index (κ1) is 21.2. The third-order valence-corrected chi connectivity index (χ3v) is 5.24. The number of carbonyl (C=O) groups excluding carboxylic acids is 1. The molecule has 0 saturated carbocycles. The van der Waals surface area contributed by atoms with Gasteiger partial charge in [0.05, 0.1) is 17.6 Å². The smallest absolute Gasteiger partial charge is 0.267 e. The second kappa shape index (κ2) is 9.40. The van der Waals surface area contributed by atoms with Gasteiger partial charge in [-0.15, -0.1) is 0 Å². The number of nitrogens with one attached hydrogen (secondary N) is 1. The van der Waals surface area contributed by atoms with Gasteiger partial charge in [0.2, 0.25) is 0 Å². The number of amides is 1. The first-order valence-corrected chi connectivity index (χ1v) is 10.5. The third kappa shape index (κ3) is 5.16. The number of hydrazone groups is 1. The Morgan fingerprint density at radius 1 is 0.719 bits per heavy atom. The van der Waals surface area contributed by atoms with Gasteiger partial charge in [-0.3, -0.25) is 4.79 Å². The highest BCUT2D eigenvalue weighted by molar-refractivity contribution is 5.97. The van der Waals surface area contributed by atoms with Crippen LogP contribution in [0.25, 0.3) is 22.5 Å². The van der Waals surface area contributed by atoms with Crippen LogP contribution in [0.15, 0.2) is 90.0 Å². The molecular weight excluding hydrogens is 394 g/mol. The van der Waals surface area contributed by atoms with E-state index in [0.29, 0.717) is 5.56 Å². The summed E-state index contributed by atoms with van der Waals surface area (Å²) < 4.78 is 0. The van der Waals surface area contributed by atoms with E-state index >= 15 is 0 Å². The number of hydrogen-bond donors (Lipinski definition) is 1. The number of benzene rings is 3. The zero-order valence-electron chi connectivity index (χ0n) is 18.5. The van der Waals surface area contributed by atoms with Crippen molar-refractivity contribution in [3.05, 3.63) is 113 Å². The Morgan fingerprint density at radius 2 is 1.16 bits per heavy atom. The summed E-state index contributed by atoms with van der Waals surface area (Å²) in [5.74, 6) is -0.280. The highest BCUT2D eigenvalue weighted by Gasteiger charge is 2.12. The fourth-order valence-corrected chi connectivity index (χ4v) is 3.29. The Balaban J connectivity index is 1.66. The lowest BCUT2D eigenvalue weighted by Gasteiger charge is -2.10. The van der Waals surface area contributed by atoms with Crippen LogP contribution in [0.3, 0.4) is 0 Å². The van der Waals surface area contributed by atoms with Gasteiger partial charge in [0.25, 0.3) is 5.91 Å². The maximum atomic E-state index is 12.9. The number of carbonyl (C=O) groups is 1. The van der Waals surface area contributed by atoms with Gasteiger partial charge in [0, 0.05) is 16.7 Å². The molecule has 4 heteroatoms. The minimum Gasteiger partial charge on any atom is -0.267 e. The van der Waals surface area contributed by atoms with Gasteiger partial charge in [-0.1, -0.05) is 89.5 Å². The van der Waals surface area contributed by atoms with Crippen molar-refractivity contribution >= 4 is 12.1 Å². The van der Waals surface area contributed by atoms with Crippen molar-refractivity contribution in [2.24, 2.45) is 5.10 Å². The minimum atomic E-state index is -0.280. The average molecular weight is 420 g/mol. The normalized spacial score (nSPS) is 11.0. The van der Waals surface area contributed by atoms with Gasteiger partial charge in [-0.25, -0.2) is 10.4 Å². The van der Waals surface area contributed by atoms with Crippen LogP contribution in [0.2, 0.25) is 0 Å². The summed E-state index contributed by atoms with van der Waals surface area (Å²) in [5.41, 5.74) is 11.0. The van der Waals surface area contributed by atoms with Crippen molar-refractivity contribution < 1.29 is 4.79 Å². The van der Waals surface area contributed by atoms with E-state index in [-0.39, 0.29) is 5.91 Å². The number of hydrogen-bond acceptors (Lipinski definition) is 3. The lowest BCUT2D eigenvalue weighted by Crippen LogP contribution is -2.18. The van der Waals surface area contributed by atoms with E-state index in [1.165, 1.54) is 16.7 Å². The van der Waals surface area contributed by atoms with Gasteiger partial charge >= 0.3 is 0 Å². The number of pyridine rings is 1. The topological polar surface area (TPSA) is 54.4 Å². The molecule has 1 aromatic heterocycles. The summed E-state index contributed by atoms with van der Waals surface area (Å²) in [6.45, 7) is 6.12. The van der Waals surface area contributed by atoms with E-state index in [9.17, 15) is 4.79 Å². The molecule has 4 aromatic rings. The Morgan fingerprint density at radius 3 is 1.62 bits per heavy atom. The molecule has 4 rings (SSSR count). The first-order chi connectivity index (χ1) is 15.5. The Bertz CT molecular complexity index is 1190. The molecule has 0 spiro atoms. The molecule has 0 aliphatic rings. The average Bonchev–Trinajstić information content (AvgIpc) is 2.81. The monoisotopic (exact) mass is 419 g/mol. The molecule has 0 aliphatic heterocycles. The third-order valence-electron chi connectivity index (χ3n) is 5.24. The molecule has 0 aliphatic carbocycles. The van der Waals surface area contributed by atoms with Crippen molar-refractivity contribution in [2.45, 2.75) is 20.8 Å². The fraction of sp³-hybridized carbons (Fsp3) is 0.107. The summed E-state index contributed by atoms with van der Waals surface area (Å²) >= 11 is 0. The molecule has 4 nitrogen and oxygen atoms in total. The summed E-state index contributed by atoms with van der Waals surface area (Å²) in [6.07, 6.45) is 1.64. The standard InChI is InChI=1S/C28H25N3O/c1-19-4-10-22(11-5-19)18-29-31-28(32)25-16-26(23-12-6-20(2)7-13-23)30-27(17-25)24-14-8-21(3)9-15-24/h4-18H,1-3H3,(H,31,32)/b29-18+. The van der Waals surface area contributed by atoms with Crippen LogP contribution >= 0.6 is 0 Å². The van der Waals surface area contributed by atoms with Crippen molar-refractivity contribution in [3.63, 3.8) is 0 Å². The van der Waals surface area contributed by atoms with Crippen molar-refractivity contribution in [2.75, 3.05) is 0 Å². The van der Waals surface area contributed by atoms with Gasteiger partial charge < -0.3 is 0 Å². The maximum Gasteiger partial charge on any atom is 0.271 e. The van der Waals surface area contributed by atoms with Crippen LogP contribution in [0.1, 0.15) is 32.6 Å². The molecule has 0 atom stereocenters. The van der Waals surface area contributed by atoms with Crippen molar-refractivity contribution in [1.29, 1.82) is 0 Å². The highest BCUT2D eigenvalue weighted by atomic mass is 16.2. The highest BCUT2D eigenvalue weighted by Crippen LogP contribution is 2.25. The zero-order chi connectivity index (χ0) is 22.5. The summed E-state index contributed by atoms with van der Waals surface area (Å²) in [5, 5.41) is 4.13. The molecule has 1 N–H and O–H groups in total. The van der Waals surface area contributed by atoms with E-state index in [4.69, 9.17) is 4.98 Å². The number of rotatable bonds is 5. The lowest BCUT2D eigenvalue weighted by molar-refractivity contribution is 0.0955. The van der Waals surface area contributed by atoms with E-state index in [1.54, 1.807) is 18.3 Å². The number of aryl methyl sites for hydroxylation is 3. The fourth-order valence-electron chi connectivity index (χ4n) is 3.29. The lowest BCUT2D eigenvalue weighted by atomic mass is 10.0. The molecule has 3 aromatic carbocycles. The van der Waals surface area contributed by atoms with Crippen LogP contribution in [0.5, 0.6) is 0 Å². The van der Waals surface area contributed by atoms with E-state index in [1.807, 2.05) is 93.6 Å². The quantitative estimate of drug-likeness (QED) is 0.314. The summed E-state index contributed by atoms with van der Waals surface area (Å²) in [4.78, 5) is 17.7. The molecule has 0 radical (unpaired) electrons. The van der Waals surface area contributed by atoms with Crippen LogP contribution in [0, 0.1) is 20.8 Å². The number of nitrogens with zero attached hydrogens (tertiary/aromatic N) is 2. The zero-order valence-corrected chi connectivity index (χ0v) is 18.5. The predicted octanol–water partition coefficient (Wildman–Crippen LogP) is 6.10. The van der Waals surface area contributed by atoms with Gasteiger partial charge in [0.15, 0.2) is 0 Å². The van der Waals surface area contributed by atoms with Gasteiger partial charge in [-0.05, 0) is 38.5 Å². The second-order valence-electron chi connectivity index (χ2n) is 7.97. The van der Waals surface area contributed by atoms with Crippen molar-refractivity contribution in [3.8, 4) is 22.5 Å². The first-order valence-electron chi connectivity index (χ1n) is 10.5. The Kier molecular flexibility index (Phi) is 6.22. The van der Waals surface area contributed by atoms with Crippen molar-refractivity contribution in [1.82, 2.24) is 10.4 Å². The summed E-state index contributed by atoms with van der Waals surface area (Å²) in [7, 11) is 0. The van der Waals surface area contributed by atoms with Crippen LogP contribution in [-0.2, 0) is 0 Å². The Labute approximate surface area is 188 Å². The predicted molar refractivity (Wildman–Crippen MR) is 131 cm³/mol. The maximum absolute atomic E-state index is 12.9. The van der Waals surface area contributed by atoms with Gasteiger partial charge in [-0.2, -0.15) is 5.10 Å². The van der Waals surface area contributed by atoms with Crippen LogP contribution in [-0.4, -0.2) is 17.1 Å². The van der Waals surface area contributed by atoms with Crippen LogP contribution < -0.4 is 5.43 Å². The molecule has 0 bridgehead atoms. The number of aromatic nitrogens is 1. The SMILES string of the molecule is Cc1ccc(/C=N/NC(=O)c2cc(-c3ccc(C)cc3)nc(-c3ccc(C)cc3)c2)cc1. The van der Waals surface area contributed by atoms with E-state index < -0.39 is 0 Å². The molecular formula is C28H25N3O.